The number of anilines is 1. The molecular weight excluding hydrogens is 214 g/mol. The summed E-state index contributed by atoms with van der Waals surface area (Å²) in [6.45, 7) is 1.89. The molecule has 2 rings (SSSR count). The summed E-state index contributed by atoms with van der Waals surface area (Å²) < 4.78 is 0. The minimum Gasteiger partial charge on any atom is -0.398 e. The number of nitrogens with two attached hydrogens (primary N) is 1. The summed E-state index contributed by atoms with van der Waals surface area (Å²) in [5.41, 5.74) is 8.68. The van der Waals surface area contributed by atoms with Crippen LogP contribution in [0.5, 0.6) is 0 Å². The zero-order chi connectivity index (χ0) is 12.3. The van der Waals surface area contributed by atoms with Crippen LogP contribution >= 0.6 is 0 Å². The molecule has 2 heterocycles. The van der Waals surface area contributed by atoms with E-state index in [0.29, 0.717) is 11.3 Å². The molecule has 0 atom stereocenters. The number of rotatable bonds is 3. The third-order valence-corrected chi connectivity index (χ3v) is 2.63. The molecule has 17 heavy (non-hydrogen) atoms. The van der Waals surface area contributed by atoms with Crippen molar-refractivity contribution in [2.75, 3.05) is 5.73 Å². The van der Waals surface area contributed by atoms with Crippen LogP contribution in [0.2, 0.25) is 0 Å². The van der Waals surface area contributed by atoms with Crippen LogP contribution < -0.4 is 5.73 Å². The van der Waals surface area contributed by atoms with Crippen molar-refractivity contribution < 1.29 is 4.79 Å². The molecule has 0 bridgehead atoms. The standard InChI is InChI=1S/C13H13N3O/c1-9-2-4-16-8-11(9)13(17)6-10-7-15-5-3-12(10)14/h2-5,7-8H,6H2,1H3,(H2,14,15). The Morgan fingerprint density at radius 2 is 1.94 bits per heavy atom. The molecule has 0 aliphatic rings. The van der Waals surface area contributed by atoms with E-state index >= 15 is 0 Å². The highest BCUT2D eigenvalue weighted by Crippen LogP contribution is 2.14. The monoisotopic (exact) mass is 227 g/mol. The van der Waals surface area contributed by atoms with E-state index < -0.39 is 0 Å². The van der Waals surface area contributed by atoms with Crippen LogP contribution in [0.4, 0.5) is 5.69 Å². The fourth-order valence-electron chi connectivity index (χ4n) is 1.61. The van der Waals surface area contributed by atoms with Gasteiger partial charge in [0.05, 0.1) is 0 Å². The van der Waals surface area contributed by atoms with Crippen molar-refractivity contribution in [2.45, 2.75) is 13.3 Å². The molecular formula is C13H13N3O. The van der Waals surface area contributed by atoms with E-state index in [1.807, 2.05) is 13.0 Å². The Balaban J connectivity index is 2.24. The average molecular weight is 227 g/mol. The van der Waals surface area contributed by atoms with Crippen LogP contribution in [-0.4, -0.2) is 15.8 Å². The lowest BCUT2D eigenvalue weighted by atomic mass is 10.0. The van der Waals surface area contributed by atoms with Gasteiger partial charge < -0.3 is 5.73 Å². The topological polar surface area (TPSA) is 68.9 Å². The van der Waals surface area contributed by atoms with Crippen LogP contribution in [-0.2, 0) is 6.42 Å². The second-order valence-corrected chi connectivity index (χ2v) is 3.87. The SMILES string of the molecule is Cc1ccncc1C(=O)Cc1cnccc1N. The van der Waals surface area contributed by atoms with E-state index in [1.165, 1.54) is 0 Å². The zero-order valence-electron chi connectivity index (χ0n) is 9.55. The first-order valence-corrected chi connectivity index (χ1v) is 5.30. The second kappa shape index (κ2) is 4.74. The van der Waals surface area contributed by atoms with Crippen molar-refractivity contribution >= 4 is 11.5 Å². The summed E-state index contributed by atoms with van der Waals surface area (Å²) in [4.78, 5) is 20.0. The Bertz CT molecular complexity index is 552. The van der Waals surface area contributed by atoms with Gasteiger partial charge in [-0.1, -0.05) is 0 Å². The lowest BCUT2D eigenvalue weighted by Gasteiger charge is -2.05. The highest BCUT2D eigenvalue weighted by atomic mass is 16.1. The maximum atomic E-state index is 12.1. The first-order valence-electron chi connectivity index (χ1n) is 5.30. The van der Waals surface area contributed by atoms with Crippen LogP contribution in [0, 0.1) is 6.92 Å². The van der Waals surface area contributed by atoms with Gasteiger partial charge in [0.25, 0.3) is 0 Å². The molecule has 86 valence electrons. The van der Waals surface area contributed by atoms with Crippen molar-refractivity contribution in [3.8, 4) is 0 Å². The number of carbonyl (C=O) groups is 1. The minimum absolute atomic E-state index is 0.00954. The van der Waals surface area contributed by atoms with Gasteiger partial charge in [0.2, 0.25) is 0 Å². The van der Waals surface area contributed by atoms with Gasteiger partial charge in [0, 0.05) is 48.0 Å². The fourth-order valence-corrected chi connectivity index (χ4v) is 1.61. The molecule has 2 aromatic heterocycles. The predicted molar refractivity (Wildman–Crippen MR) is 65.7 cm³/mol. The highest BCUT2D eigenvalue weighted by Gasteiger charge is 2.11. The van der Waals surface area contributed by atoms with E-state index in [0.717, 1.165) is 11.1 Å². The molecule has 2 aromatic rings. The Morgan fingerprint density at radius 1 is 1.24 bits per heavy atom. The molecule has 4 heteroatoms. The van der Waals surface area contributed by atoms with Gasteiger partial charge in [-0.15, -0.1) is 0 Å². The normalized spacial score (nSPS) is 10.2. The first kappa shape index (κ1) is 11.3. The minimum atomic E-state index is 0.00954. The molecule has 2 N–H and O–H groups in total. The van der Waals surface area contributed by atoms with Gasteiger partial charge in [-0.25, -0.2) is 0 Å². The number of aromatic nitrogens is 2. The Morgan fingerprint density at radius 3 is 2.65 bits per heavy atom. The molecule has 0 fully saturated rings. The summed E-state index contributed by atoms with van der Waals surface area (Å²) in [5, 5.41) is 0. The lowest BCUT2D eigenvalue weighted by Crippen LogP contribution is -2.08. The predicted octanol–water partition coefficient (Wildman–Crippen LogP) is 1.79. The fraction of sp³-hybridized carbons (Fsp3) is 0.154. The molecule has 0 saturated heterocycles. The van der Waals surface area contributed by atoms with Crippen molar-refractivity contribution in [3.63, 3.8) is 0 Å². The average Bonchev–Trinajstić information content (AvgIpc) is 2.32. The lowest BCUT2D eigenvalue weighted by molar-refractivity contribution is 0.0992. The molecule has 4 nitrogen and oxygen atoms in total. The molecule has 0 aromatic carbocycles. The van der Waals surface area contributed by atoms with Crippen molar-refractivity contribution in [3.05, 3.63) is 53.6 Å². The number of aryl methyl sites for hydroxylation is 1. The number of hydrogen-bond donors (Lipinski definition) is 1. The third-order valence-electron chi connectivity index (χ3n) is 2.63. The van der Waals surface area contributed by atoms with E-state index in [2.05, 4.69) is 9.97 Å². The molecule has 0 radical (unpaired) electrons. The summed E-state index contributed by atoms with van der Waals surface area (Å²) in [6, 6.07) is 3.51. The number of carbonyl (C=O) groups excluding carboxylic acids is 1. The Kier molecular flexibility index (Phi) is 3.14. The number of Topliss-reactive ketones (excluding diaryl/α,β-unsaturated/α-hetero) is 1. The van der Waals surface area contributed by atoms with Crippen LogP contribution in [0.15, 0.2) is 36.9 Å². The second-order valence-electron chi connectivity index (χ2n) is 3.87. The summed E-state index contributed by atoms with van der Waals surface area (Å²) >= 11 is 0. The summed E-state index contributed by atoms with van der Waals surface area (Å²) in [7, 11) is 0. The van der Waals surface area contributed by atoms with Gasteiger partial charge in [0.1, 0.15) is 0 Å². The van der Waals surface area contributed by atoms with Gasteiger partial charge in [0.15, 0.2) is 5.78 Å². The molecule has 0 unspecified atom stereocenters. The van der Waals surface area contributed by atoms with Crippen LogP contribution in [0.25, 0.3) is 0 Å². The molecule has 0 aliphatic heterocycles. The van der Waals surface area contributed by atoms with E-state index in [4.69, 9.17) is 5.73 Å². The van der Waals surface area contributed by atoms with Gasteiger partial charge >= 0.3 is 0 Å². The van der Waals surface area contributed by atoms with Crippen molar-refractivity contribution in [1.82, 2.24) is 9.97 Å². The Labute approximate surface area is 99.5 Å². The maximum Gasteiger partial charge on any atom is 0.169 e. The quantitative estimate of drug-likeness (QED) is 0.812. The Hall–Kier alpha value is -2.23. The van der Waals surface area contributed by atoms with Gasteiger partial charge in [-0.2, -0.15) is 0 Å². The van der Waals surface area contributed by atoms with Gasteiger partial charge in [-0.05, 0) is 24.6 Å². The zero-order valence-corrected chi connectivity index (χ0v) is 9.55. The van der Waals surface area contributed by atoms with E-state index in [-0.39, 0.29) is 12.2 Å². The molecule has 0 aliphatic carbocycles. The number of nitrogen functional groups attached to an aromatic ring is 1. The first-order chi connectivity index (χ1) is 8.18. The number of pyridine rings is 2. The summed E-state index contributed by atoms with van der Waals surface area (Å²) in [6.07, 6.45) is 6.75. The maximum absolute atomic E-state index is 12.1. The highest BCUT2D eigenvalue weighted by molar-refractivity contribution is 5.98. The van der Waals surface area contributed by atoms with Gasteiger partial charge in [-0.3, -0.25) is 14.8 Å². The molecule has 0 spiro atoms. The third kappa shape index (κ3) is 2.47. The number of hydrogen-bond acceptors (Lipinski definition) is 4. The molecule has 0 saturated carbocycles. The number of nitrogens with zero attached hydrogens (tertiary/aromatic N) is 2. The van der Waals surface area contributed by atoms with E-state index in [9.17, 15) is 4.79 Å². The number of ketones is 1. The largest absolute Gasteiger partial charge is 0.398 e. The smallest absolute Gasteiger partial charge is 0.169 e. The van der Waals surface area contributed by atoms with Crippen LogP contribution in [0.3, 0.4) is 0 Å². The molecule has 0 amide bonds. The van der Waals surface area contributed by atoms with Crippen LogP contribution in [0.1, 0.15) is 21.5 Å². The summed E-state index contributed by atoms with van der Waals surface area (Å²) in [5.74, 6) is 0.00954. The van der Waals surface area contributed by atoms with Crippen molar-refractivity contribution in [1.29, 1.82) is 0 Å². The van der Waals surface area contributed by atoms with E-state index in [1.54, 1.807) is 30.9 Å². The van der Waals surface area contributed by atoms with Crippen molar-refractivity contribution in [2.24, 2.45) is 0 Å².